The monoisotopic (exact) mass is 323 g/mol. The molecular formula is C14H14ClN3O4. The third-order valence-electron chi connectivity index (χ3n) is 3.06. The average Bonchev–Trinajstić information content (AvgIpc) is 2.76. The molecule has 0 aliphatic rings. The fourth-order valence-corrected chi connectivity index (χ4v) is 2.09. The third-order valence-corrected chi connectivity index (χ3v) is 3.38. The summed E-state index contributed by atoms with van der Waals surface area (Å²) in [6.07, 6.45) is 0. The number of carbonyl (C=O) groups excluding carboxylic acids is 1. The molecule has 0 saturated heterocycles. The van der Waals surface area contributed by atoms with Crippen LogP contribution in [0, 0.1) is 6.92 Å². The van der Waals surface area contributed by atoms with Crippen LogP contribution in [0.4, 0.5) is 5.82 Å². The highest BCUT2D eigenvalue weighted by Crippen LogP contribution is 2.27. The second-order valence-corrected chi connectivity index (χ2v) is 4.87. The van der Waals surface area contributed by atoms with Crippen LogP contribution in [-0.4, -0.2) is 33.4 Å². The van der Waals surface area contributed by atoms with E-state index in [4.69, 9.17) is 27.2 Å². The molecule has 0 aliphatic carbocycles. The van der Waals surface area contributed by atoms with Crippen molar-refractivity contribution in [2.75, 3.05) is 12.3 Å². The molecular weight excluding hydrogens is 310 g/mol. The summed E-state index contributed by atoms with van der Waals surface area (Å²) in [7, 11) is 0. The highest BCUT2D eigenvalue weighted by Gasteiger charge is 2.21. The number of esters is 1. The molecule has 22 heavy (non-hydrogen) atoms. The van der Waals surface area contributed by atoms with Gasteiger partial charge in [-0.2, -0.15) is 5.10 Å². The minimum absolute atomic E-state index is 0.0321. The lowest BCUT2D eigenvalue weighted by atomic mass is 10.2. The Morgan fingerprint density at radius 1 is 1.45 bits per heavy atom. The number of nitrogens with two attached hydrogens (primary N) is 1. The number of nitrogen functional groups attached to an aromatic ring is 1. The number of carboxylic acid groups (broad SMARTS) is 1. The largest absolute Gasteiger partial charge is 0.478 e. The lowest BCUT2D eigenvalue weighted by Gasteiger charge is -2.07. The number of aromatic carboxylic acids is 1. The number of rotatable bonds is 4. The van der Waals surface area contributed by atoms with Gasteiger partial charge in [-0.1, -0.05) is 11.6 Å². The smallest absolute Gasteiger partial charge is 0.359 e. The normalized spacial score (nSPS) is 10.5. The first-order valence-electron chi connectivity index (χ1n) is 6.42. The summed E-state index contributed by atoms with van der Waals surface area (Å²) in [6, 6.07) is 4.14. The summed E-state index contributed by atoms with van der Waals surface area (Å²) in [4.78, 5) is 22.9. The van der Waals surface area contributed by atoms with Gasteiger partial charge in [-0.15, -0.1) is 0 Å². The summed E-state index contributed by atoms with van der Waals surface area (Å²) < 4.78 is 6.14. The molecule has 1 aromatic carbocycles. The van der Waals surface area contributed by atoms with Gasteiger partial charge >= 0.3 is 11.9 Å². The van der Waals surface area contributed by atoms with Crippen LogP contribution in [0.2, 0.25) is 5.02 Å². The number of ether oxygens (including phenoxy) is 1. The summed E-state index contributed by atoms with van der Waals surface area (Å²) in [6.45, 7) is 3.51. The number of hydrogen-bond acceptors (Lipinski definition) is 5. The number of halogens is 1. The molecule has 3 N–H and O–H groups in total. The van der Waals surface area contributed by atoms with Gasteiger partial charge in [0.1, 0.15) is 5.82 Å². The minimum Gasteiger partial charge on any atom is -0.478 e. The Kier molecular flexibility index (Phi) is 4.37. The van der Waals surface area contributed by atoms with Gasteiger partial charge in [0.05, 0.1) is 22.9 Å². The third kappa shape index (κ3) is 2.75. The van der Waals surface area contributed by atoms with E-state index in [0.29, 0.717) is 5.56 Å². The van der Waals surface area contributed by atoms with Gasteiger partial charge in [-0.3, -0.25) is 0 Å². The fourth-order valence-electron chi connectivity index (χ4n) is 1.89. The van der Waals surface area contributed by atoms with E-state index in [1.165, 1.54) is 22.9 Å². The number of nitrogens with zero attached hydrogens (tertiary/aromatic N) is 2. The van der Waals surface area contributed by atoms with Crippen LogP contribution < -0.4 is 5.73 Å². The maximum Gasteiger partial charge on any atom is 0.359 e. The van der Waals surface area contributed by atoms with Crippen molar-refractivity contribution < 1.29 is 19.4 Å². The van der Waals surface area contributed by atoms with E-state index in [9.17, 15) is 9.59 Å². The maximum atomic E-state index is 11.8. The standard InChI is InChI=1S/C14H14ClN3O4/c1-3-22-14(21)11-7(2)12(16)18(17-11)10-6-8(13(19)20)4-5-9(10)15/h4-6H,3,16H2,1-2H3,(H,19,20). The van der Waals surface area contributed by atoms with E-state index in [2.05, 4.69) is 5.10 Å². The van der Waals surface area contributed by atoms with Gasteiger partial charge in [0.2, 0.25) is 0 Å². The van der Waals surface area contributed by atoms with Crippen molar-refractivity contribution in [2.24, 2.45) is 0 Å². The Hall–Kier alpha value is -2.54. The van der Waals surface area contributed by atoms with Gasteiger partial charge in [-0.25, -0.2) is 14.3 Å². The Labute approximate surface area is 131 Å². The number of hydrogen-bond donors (Lipinski definition) is 2. The first kappa shape index (κ1) is 15.8. The molecule has 0 bridgehead atoms. The number of benzene rings is 1. The Balaban J connectivity index is 2.59. The van der Waals surface area contributed by atoms with Crippen molar-refractivity contribution in [1.29, 1.82) is 0 Å². The summed E-state index contributed by atoms with van der Waals surface area (Å²) in [5.41, 5.74) is 6.76. The van der Waals surface area contributed by atoms with Crippen LogP contribution in [0.25, 0.3) is 5.69 Å². The van der Waals surface area contributed by atoms with Gasteiger partial charge in [0.25, 0.3) is 0 Å². The van der Waals surface area contributed by atoms with Crippen molar-refractivity contribution in [2.45, 2.75) is 13.8 Å². The molecule has 0 saturated carbocycles. The van der Waals surface area contributed by atoms with Crippen molar-refractivity contribution in [3.05, 3.63) is 40.0 Å². The fraction of sp³-hybridized carbons (Fsp3) is 0.214. The first-order chi connectivity index (χ1) is 10.4. The van der Waals surface area contributed by atoms with E-state index in [-0.39, 0.29) is 34.4 Å². The quantitative estimate of drug-likeness (QED) is 0.836. The zero-order valence-corrected chi connectivity index (χ0v) is 12.7. The van der Waals surface area contributed by atoms with Crippen LogP contribution >= 0.6 is 11.6 Å². The molecule has 2 rings (SSSR count). The van der Waals surface area contributed by atoms with Crippen LogP contribution in [0.1, 0.15) is 33.3 Å². The molecule has 7 nitrogen and oxygen atoms in total. The van der Waals surface area contributed by atoms with E-state index < -0.39 is 11.9 Å². The van der Waals surface area contributed by atoms with Gasteiger partial charge < -0.3 is 15.6 Å². The SMILES string of the molecule is CCOC(=O)c1nn(-c2cc(C(=O)O)ccc2Cl)c(N)c1C. The maximum absolute atomic E-state index is 11.8. The molecule has 2 aromatic rings. The Morgan fingerprint density at radius 2 is 2.14 bits per heavy atom. The van der Waals surface area contributed by atoms with Gasteiger partial charge in [0.15, 0.2) is 5.69 Å². The molecule has 0 amide bonds. The molecule has 1 aromatic heterocycles. The average molecular weight is 324 g/mol. The predicted molar refractivity (Wildman–Crippen MR) is 80.6 cm³/mol. The minimum atomic E-state index is -1.11. The molecule has 0 unspecified atom stereocenters. The summed E-state index contributed by atoms with van der Waals surface area (Å²) in [5.74, 6) is -1.52. The van der Waals surface area contributed by atoms with Crippen LogP contribution in [0.3, 0.4) is 0 Å². The van der Waals surface area contributed by atoms with Gasteiger partial charge in [-0.05, 0) is 32.0 Å². The molecule has 0 atom stereocenters. The van der Waals surface area contributed by atoms with Crippen molar-refractivity contribution in [1.82, 2.24) is 9.78 Å². The number of anilines is 1. The number of aromatic nitrogens is 2. The second-order valence-electron chi connectivity index (χ2n) is 4.46. The lowest BCUT2D eigenvalue weighted by Crippen LogP contribution is -2.08. The summed E-state index contributed by atoms with van der Waals surface area (Å²) >= 11 is 6.08. The Morgan fingerprint density at radius 3 is 2.73 bits per heavy atom. The van der Waals surface area contributed by atoms with E-state index >= 15 is 0 Å². The van der Waals surface area contributed by atoms with Crippen molar-refractivity contribution >= 4 is 29.4 Å². The van der Waals surface area contributed by atoms with Crippen LogP contribution in [0.15, 0.2) is 18.2 Å². The highest BCUT2D eigenvalue weighted by molar-refractivity contribution is 6.32. The molecule has 0 spiro atoms. The lowest BCUT2D eigenvalue weighted by molar-refractivity contribution is 0.0517. The predicted octanol–water partition coefficient (Wildman–Crippen LogP) is 2.29. The van der Waals surface area contributed by atoms with Crippen molar-refractivity contribution in [3.8, 4) is 5.69 Å². The van der Waals surface area contributed by atoms with E-state index in [0.717, 1.165) is 0 Å². The van der Waals surface area contributed by atoms with Crippen LogP contribution in [0.5, 0.6) is 0 Å². The zero-order chi connectivity index (χ0) is 16.4. The molecule has 0 fully saturated rings. The molecule has 8 heteroatoms. The van der Waals surface area contributed by atoms with Crippen molar-refractivity contribution in [3.63, 3.8) is 0 Å². The van der Waals surface area contributed by atoms with Crippen LogP contribution in [-0.2, 0) is 4.74 Å². The number of carbonyl (C=O) groups is 2. The molecule has 1 heterocycles. The van der Waals surface area contributed by atoms with Gasteiger partial charge in [0, 0.05) is 5.56 Å². The second kappa shape index (κ2) is 6.07. The zero-order valence-electron chi connectivity index (χ0n) is 12.0. The highest BCUT2D eigenvalue weighted by atomic mass is 35.5. The van der Waals surface area contributed by atoms with E-state index in [1.54, 1.807) is 13.8 Å². The number of carboxylic acids is 1. The summed E-state index contributed by atoms with van der Waals surface area (Å²) in [5, 5.41) is 13.4. The first-order valence-corrected chi connectivity index (χ1v) is 6.80. The molecule has 116 valence electrons. The molecule has 0 aliphatic heterocycles. The molecule has 0 radical (unpaired) electrons. The topological polar surface area (TPSA) is 107 Å². The Bertz CT molecular complexity index is 755. The van der Waals surface area contributed by atoms with E-state index in [1.807, 2.05) is 0 Å².